The average molecular weight is 421 g/mol. The van der Waals surface area contributed by atoms with Crippen molar-refractivity contribution in [2.45, 2.75) is 44.6 Å². The maximum atomic E-state index is 13.5. The number of imidazole rings is 1. The van der Waals surface area contributed by atoms with E-state index in [2.05, 4.69) is 39.4 Å². The topological polar surface area (TPSA) is 50.1 Å². The lowest BCUT2D eigenvalue weighted by atomic mass is 9.90. The lowest BCUT2D eigenvalue weighted by Gasteiger charge is -2.38. The van der Waals surface area contributed by atoms with Crippen LogP contribution in [0.5, 0.6) is 0 Å². The maximum absolute atomic E-state index is 13.5. The molecule has 2 unspecified atom stereocenters. The van der Waals surface area contributed by atoms with Crippen molar-refractivity contribution in [3.8, 4) is 11.3 Å². The van der Waals surface area contributed by atoms with Crippen LogP contribution in [0.2, 0.25) is 0 Å². The van der Waals surface area contributed by atoms with Gasteiger partial charge in [-0.1, -0.05) is 0 Å². The molecule has 0 bridgehead atoms. The minimum Gasteiger partial charge on any atom is -0.354 e. The van der Waals surface area contributed by atoms with Gasteiger partial charge in [0, 0.05) is 62.7 Å². The van der Waals surface area contributed by atoms with E-state index in [0.29, 0.717) is 12.0 Å². The largest absolute Gasteiger partial charge is 0.354 e. The first-order valence-electron chi connectivity index (χ1n) is 11.2. The fourth-order valence-electron chi connectivity index (χ4n) is 4.91. The van der Waals surface area contributed by atoms with E-state index in [-0.39, 0.29) is 5.82 Å². The van der Waals surface area contributed by atoms with Crippen molar-refractivity contribution < 1.29 is 4.39 Å². The van der Waals surface area contributed by atoms with Gasteiger partial charge in [0.25, 0.3) is 0 Å². The van der Waals surface area contributed by atoms with Crippen molar-refractivity contribution in [3.63, 3.8) is 0 Å². The Labute approximate surface area is 182 Å². The number of halogens is 1. The summed E-state index contributed by atoms with van der Waals surface area (Å²) >= 11 is 0. The van der Waals surface area contributed by atoms with Gasteiger partial charge in [-0.05, 0) is 56.9 Å². The van der Waals surface area contributed by atoms with Crippen LogP contribution in [-0.2, 0) is 7.05 Å². The molecular weight excluding hydrogens is 391 g/mol. The summed E-state index contributed by atoms with van der Waals surface area (Å²) in [4.78, 5) is 19.1. The Morgan fingerprint density at radius 2 is 1.81 bits per heavy atom. The molecule has 2 aliphatic heterocycles. The Kier molecular flexibility index (Phi) is 5.34. The Balaban J connectivity index is 1.46. The molecule has 2 atom stereocenters. The van der Waals surface area contributed by atoms with Crippen molar-refractivity contribution in [1.29, 1.82) is 0 Å². The van der Waals surface area contributed by atoms with E-state index in [1.165, 1.54) is 30.8 Å². The Morgan fingerprint density at radius 1 is 1.03 bits per heavy atom. The molecule has 0 radical (unpaired) electrons. The second-order valence-corrected chi connectivity index (χ2v) is 8.77. The zero-order valence-electron chi connectivity index (χ0n) is 18.2. The molecule has 0 N–H and O–H groups in total. The smallest absolute Gasteiger partial charge is 0.227 e. The highest BCUT2D eigenvalue weighted by molar-refractivity contribution is 5.65. The van der Waals surface area contributed by atoms with E-state index in [1.54, 1.807) is 12.1 Å². The number of anilines is 2. The normalized spacial score (nSPS) is 21.6. The van der Waals surface area contributed by atoms with E-state index >= 15 is 0 Å². The van der Waals surface area contributed by atoms with Gasteiger partial charge in [-0.15, -0.1) is 0 Å². The monoisotopic (exact) mass is 420 g/mol. The average Bonchev–Trinajstić information content (AvgIpc) is 3.46. The summed E-state index contributed by atoms with van der Waals surface area (Å²) in [5.74, 6) is 3.14. The van der Waals surface area contributed by atoms with Gasteiger partial charge in [-0.2, -0.15) is 4.98 Å². The van der Waals surface area contributed by atoms with E-state index in [1.807, 2.05) is 12.4 Å². The van der Waals surface area contributed by atoms with E-state index < -0.39 is 0 Å². The van der Waals surface area contributed by atoms with Crippen LogP contribution in [0.15, 0.2) is 42.7 Å². The summed E-state index contributed by atoms with van der Waals surface area (Å²) < 4.78 is 15.6. The summed E-state index contributed by atoms with van der Waals surface area (Å²) in [6.45, 7) is 5.18. The number of piperidine rings is 1. The molecule has 0 spiro atoms. The maximum Gasteiger partial charge on any atom is 0.227 e. The first-order chi connectivity index (χ1) is 15.1. The second-order valence-electron chi connectivity index (χ2n) is 8.77. The van der Waals surface area contributed by atoms with Crippen LogP contribution < -0.4 is 9.80 Å². The van der Waals surface area contributed by atoms with E-state index in [0.717, 1.165) is 55.5 Å². The molecule has 5 rings (SSSR count). The van der Waals surface area contributed by atoms with Gasteiger partial charge in [0.2, 0.25) is 5.95 Å². The molecule has 2 aromatic heterocycles. The van der Waals surface area contributed by atoms with Gasteiger partial charge in [0.1, 0.15) is 17.5 Å². The number of aryl methyl sites for hydroxylation is 1. The van der Waals surface area contributed by atoms with Crippen LogP contribution in [0.3, 0.4) is 0 Å². The lowest BCUT2D eigenvalue weighted by molar-refractivity contribution is 0.409. The summed E-state index contributed by atoms with van der Waals surface area (Å²) in [7, 11) is 2.07. The fraction of sp³-hybridized carbons (Fsp3) is 0.458. The molecule has 2 aliphatic rings. The number of hydrogen-bond donors (Lipinski definition) is 0. The molecule has 2 saturated heterocycles. The molecule has 0 saturated carbocycles. The van der Waals surface area contributed by atoms with Crippen molar-refractivity contribution >= 4 is 11.8 Å². The van der Waals surface area contributed by atoms with Gasteiger partial charge in [0.15, 0.2) is 0 Å². The molecule has 1 aromatic carbocycles. The standard InChI is InChI=1S/C24H29FN6/c1-17-15-19(23-26-10-14-29(23)2)9-13-31(17)22-16-21(18-5-7-20(25)8-6-18)27-24(28-22)30-11-3-4-12-30/h5-8,10,14,16-17,19H,3-4,9,11-13,15H2,1-2H3. The lowest BCUT2D eigenvalue weighted by Crippen LogP contribution is -2.41. The number of aromatic nitrogens is 4. The molecular formula is C24H29FN6. The van der Waals surface area contributed by atoms with Crippen LogP contribution in [0, 0.1) is 5.82 Å². The highest BCUT2D eigenvalue weighted by atomic mass is 19.1. The molecule has 31 heavy (non-hydrogen) atoms. The van der Waals surface area contributed by atoms with Gasteiger partial charge in [-0.25, -0.2) is 14.4 Å². The molecule has 4 heterocycles. The third-order valence-corrected chi connectivity index (χ3v) is 6.62. The number of hydrogen-bond acceptors (Lipinski definition) is 5. The molecule has 0 amide bonds. The molecule has 0 aliphatic carbocycles. The summed E-state index contributed by atoms with van der Waals surface area (Å²) in [5.41, 5.74) is 1.77. The predicted octanol–water partition coefficient (Wildman–Crippen LogP) is 4.39. The molecule has 7 heteroatoms. The van der Waals surface area contributed by atoms with Crippen molar-refractivity contribution in [2.75, 3.05) is 29.4 Å². The van der Waals surface area contributed by atoms with Crippen LogP contribution >= 0.6 is 0 Å². The van der Waals surface area contributed by atoms with Crippen molar-refractivity contribution in [2.24, 2.45) is 7.05 Å². The predicted molar refractivity (Wildman–Crippen MR) is 121 cm³/mol. The first kappa shape index (κ1) is 20.0. The van der Waals surface area contributed by atoms with Crippen LogP contribution in [-0.4, -0.2) is 45.2 Å². The van der Waals surface area contributed by atoms with Crippen LogP contribution in [0.1, 0.15) is 44.3 Å². The van der Waals surface area contributed by atoms with Crippen LogP contribution in [0.25, 0.3) is 11.3 Å². The third-order valence-electron chi connectivity index (χ3n) is 6.62. The second kappa shape index (κ2) is 8.29. The molecule has 6 nitrogen and oxygen atoms in total. The summed E-state index contributed by atoms with van der Waals surface area (Å²) in [6, 6.07) is 8.99. The Morgan fingerprint density at radius 3 is 2.48 bits per heavy atom. The number of rotatable bonds is 4. The molecule has 162 valence electrons. The van der Waals surface area contributed by atoms with Crippen LogP contribution in [0.4, 0.5) is 16.2 Å². The zero-order valence-corrected chi connectivity index (χ0v) is 18.2. The van der Waals surface area contributed by atoms with Crippen molar-refractivity contribution in [3.05, 3.63) is 54.4 Å². The zero-order chi connectivity index (χ0) is 21.4. The van der Waals surface area contributed by atoms with Gasteiger partial charge >= 0.3 is 0 Å². The number of benzene rings is 1. The minimum absolute atomic E-state index is 0.234. The van der Waals surface area contributed by atoms with Gasteiger partial charge < -0.3 is 14.4 Å². The summed E-state index contributed by atoms with van der Waals surface area (Å²) in [5, 5.41) is 0. The molecule has 3 aromatic rings. The highest BCUT2D eigenvalue weighted by Gasteiger charge is 2.30. The van der Waals surface area contributed by atoms with Crippen molar-refractivity contribution in [1.82, 2.24) is 19.5 Å². The Hall–Kier alpha value is -2.96. The number of nitrogens with zero attached hydrogens (tertiary/aromatic N) is 6. The quantitative estimate of drug-likeness (QED) is 0.627. The van der Waals surface area contributed by atoms with E-state index in [9.17, 15) is 4.39 Å². The Bertz CT molecular complexity index is 1040. The first-order valence-corrected chi connectivity index (χ1v) is 11.2. The summed E-state index contributed by atoms with van der Waals surface area (Å²) in [6.07, 6.45) is 8.34. The third kappa shape index (κ3) is 4.01. The highest BCUT2D eigenvalue weighted by Crippen LogP contribution is 2.35. The SMILES string of the molecule is CC1CC(c2nccn2C)CCN1c1cc(-c2ccc(F)cc2)nc(N2CCCC2)n1. The fourth-order valence-corrected chi connectivity index (χ4v) is 4.91. The molecule has 2 fully saturated rings. The minimum atomic E-state index is -0.234. The van der Waals surface area contributed by atoms with E-state index in [4.69, 9.17) is 9.97 Å². The van der Waals surface area contributed by atoms with Gasteiger partial charge in [-0.3, -0.25) is 0 Å². The van der Waals surface area contributed by atoms with Gasteiger partial charge in [0.05, 0.1) is 5.69 Å².